The molecular weight excluding hydrogens is 296 g/mol. The second-order valence-electron chi connectivity index (χ2n) is 6.58. The van der Waals surface area contributed by atoms with E-state index in [0.29, 0.717) is 19.3 Å². The van der Waals surface area contributed by atoms with E-state index in [-0.39, 0.29) is 12.3 Å². The number of H-pyrrole nitrogens is 1. The van der Waals surface area contributed by atoms with Gasteiger partial charge in [0.1, 0.15) is 5.82 Å². The average Bonchev–Trinajstić information content (AvgIpc) is 3.01. The summed E-state index contributed by atoms with van der Waals surface area (Å²) in [6, 6.07) is 0. The van der Waals surface area contributed by atoms with Gasteiger partial charge in [-0.25, -0.2) is 4.98 Å². The number of carboxylic acids is 2. The van der Waals surface area contributed by atoms with Gasteiger partial charge in [-0.15, -0.1) is 0 Å². The molecule has 126 valence electrons. The molecule has 0 aromatic carbocycles. The van der Waals surface area contributed by atoms with Crippen molar-refractivity contribution in [2.75, 3.05) is 0 Å². The van der Waals surface area contributed by atoms with Crippen LogP contribution in [0.2, 0.25) is 0 Å². The Morgan fingerprint density at radius 2 is 2.04 bits per heavy atom. The van der Waals surface area contributed by atoms with Crippen molar-refractivity contribution in [3.05, 3.63) is 29.9 Å². The second-order valence-corrected chi connectivity index (χ2v) is 6.58. The maximum Gasteiger partial charge on any atom is 0.313 e. The summed E-state index contributed by atoms with van der Waals surface area (Å²) in [4.78, 5) is 31.1. The van der Waals surface area contributed by atoms with Gasteiger partial charge in [0.05, 0.1) is 10.8 Å². The number of imidazole rings is 1. The molecule has 1 aromatic rings. The van der Waals surface area contributed by atoms with Gasteiger partial charge in [-0.05, 0) is 26.2 Å². The molecular formula is C17H24N2O4. The third kappa shape index (κ3) is 2.90. The summed E-state index contributed by atoms with van der Waals surface area (Å²) in [5, 5.41) is 19.6. The maximum absolute atomic E-state index is 12.2. The molecule has 1 aliphatic rings. The zero-order valence-corrected chi connectivity index (χ0v) is 13.8. The van der Waals surface area contributed by atoms with Gasteiger partial charge in [0, 0.05) is 24.7 Å². The van der Waals surface area contributed by atoms with Crippen LogP contribution in [0, 0.1) is 16.7 Å². The highest BCUT2D eigenvalue weighted by Gasteiger charge is 2.54. The fourth-order valence-electron chi connectivity index (χ4n) is 3.86. The Balaban J connectivity index is 2.57. The predicted octanol–water partition coefficient (Wildman–Crippen LogP) is 2.88. The zero-order valence-electron chi connectivity index (χ0n) is 13.8. The van der Waals surface area contributed by atoms with Crippen molar-refractivity contribution in [2.24, 2.45) is 16.7 Å². The van der Waals surface area contributed by atoms with Crippen LogP contribution in [0.5, 0.6) is 0 Å². The highest BCUT2D eigenvalue weighted by molar-refractivity contribution is 5.82. The summed E-state index contributed by atoms with van der Waals surface area (Å²) >= 11 is 0. The van der Waals surface area contributed by atoms with Gasteiger partial charge in [0.15, 0.2) is 0 Å². The number of aromatic nitrogens is 2. The summed E-state index contributed by atoms with van der Waals surface area (Å²) in [5.74, 6) is -1.43. The standard InChI is InChI=1S/C17H24N2O4/c1-4-11-9-16(3,14(20)21)10-17(5-2,15(22)23)12(11)8-13-18-6-7-19-13/h6-7,9,12H,4-5,8,10H2,1-3H3,(H,18,19)(H,20,21)(H,22,23). The Labute approximate surface area is 135 Å². The number of allylic oxidation sites excluding steroid dienone is 1. The number of aromatic amines is 1. The molecule has 1 aliphatic carbocycles. The van der Waals surface area contributed by atoms with Crippen molar-refractivity contribution >= 4 is 11.9 Å². The minimum atomic E-state index is -1.15. The van der Waals surface area contributed by atoms with E-state index in [1.54, 1.807) is 25.4 Å². The Morgan fingerprint density at radius 1 is 1.35 bits per heavy atom. The van der Waals surface area contributed by atoms with Crippen molar-refractivity contribution in [3.8, 4) is 0 Å². The van der Waals surface area contributed by atoms with Crippen LogP contribution in [0.15, 0.2) is 24.0 Å². The Morgan fingerprint density at radius 3 is 2.48 bits per heavy atom. The number of nitrogens with zero attached hydrogens (tertiary/aromatic N) is 1. The van der Waals surface area contributed by atoms with E-state index >= 15 is 0 Å². The molecule has 0 spiro atoms. The van der Waals surface area contributed by atoms with Crippen LogP contribution in [-0.4, -0.2) is 32.1 Å². The van der Waals surface area contributed by atoms with Gasteiger partial charge < -0.3 is 15.2 Å². The molecule has 23 heavy (non-hydrogen) atoms. The Kier molecular flexibility index (Phi) is 4.63. The van der Waals surface area contributed by atoms with E-state index in [0.717, 1.165) is 11.4 Å². The fourth-order valence-corrected chi connectivity index (χ4v) is 3.86. The number of rotatable bonds is 6. The van der Waals surface area contributed by atoms with Crippen molar-refractivity contribution in [1.29, 1.82) is 0 Å². The van der Waals surface area contributed by atoms with Crippen LogP contribution in [0.1, 0.15) is 45.9 Å². The highest BCUT2D eigenvalue weighted by atomic mass is 16.4. The van der Waals surface area contributed by atoms with Crippen LogP contribution in [-0.2, 0) is 16.0 Å². The number of carboxylic acid groups (broad SMARTS) is 2. The summed E-state index contributed by atoms with van der Waals surface area (Å²) in [5.41, 5.74) is -1.36. The molecule has 1 heterocycles. The number of hydrogen-bond acceptors (Lipinski definition) is 3. The number of hydrogen-bond donors (Lipinski definition) is 3. The largest absolute Gasteiger partial charge is 0.481 e. The highest BCUT2D eigenvalue weighted by Crippen LogP contribution is 2.52. The first kappa shape index (κ1) is 17.2. The SMILES string of the molecule is CCC1=CC(C)(C(=O)O)CC(CC)(C(=O)O)C1Cc1ncc[nH]1. The van der Waals surface area contributed by atoms with Crippen molar-refractivity contribution in [1.82, 2.24) is 9.97 Å². The molecule has 3 atom stereocenters. The van der Waals surface area contributed by atoms with E-state index in [1.807, 2.05) is 13.8 Å². The lowest BCUT2D eigenvalue weighted by Crippen LogP contribution is -2.49. The minimum absolute atomic E-state index is 0.0933. The van der Waals surface area contributed by atoms with Crippen LogP contribution in [0.25, 0.3) is 0 Å². The van der Waals surface area contributed by atoms with Gasteiger partial charge in [0.2, 0.25) is 0 Å². The van der Waals surface area contributed by atoms with E-state index in [4.69, 9.17) is 0 Å². The smallest absolute Gasteiger partial charge is 0.313 e. The molecule has 0 amide bonds. The second kappa shape index (κ2) is 6.18. The van der Waals surface area contributed by atoms with Gasteiger partial charge in [0.25, 0.3) is 0 Å². The number of carbonyl (C=O) groups is 2. The molecule has 3 N–H and O–H groups in total. The van der Waals surface area contributed by atoms with E-state index in [9.17, 15) is 19.8 Å². The fraction of sp³-hybridized carbons (Fsp3) is 0.588. The molecule has 0 bridgehead atoms. The third-order valence-electron chi connectivity index (χ3n) is 5.21. The van der Waals surface area contributed by atoms with Crippen LogP contribution in [0.3, 0.4) is 0 Å². The molecule has 2 rings (SSSR count). The minimum Gasteiger partial charge on any atom is -0.481 e. The van der Waals surface area contributed by atoms with Gasteiger partial charge in [-0.1, -0.05) is 25.5 Å². The lowest BCUT2D eigenvalue weighted by molar-refractivity contribution is -0.159. The van der Waals surface area contributed by atoms with E-state index in [1.165, 1.54) is 0 Å². The molecule has 0 aliphatic heterocycles. The first-order chi connectivity index (χ1) is 10.8. The first-order valence-corrected chi connectivity index (χ1v) is 7.95. The number of nitrogens with one attached hydrogen (secondary N) is 1. The topological polar surface area (TPSA) is 103 Å². The monoisotopic (exact) mass is 320 g/mol. The molecule has 0 saturated heterocycles. The van der Waals surface area contributed by atoms with Crippen molar-refractivity contribution in [2.45, 2.75) is 46.5 Å². The molecule has 0 fully saturated rings. The molecule has 0 saturated carbocycles. The summed E-state index contributed by atoms with van der Waals surface area (Å²) < 4.78 is 0. The predicted molar refractivity (Wildman–Crippen MR) is 84.9 cm³/mol. The van der Waals surface area contributed by atoms with Crippen molar-refractivity contribution in [3.63, 3.8) is 0 Å². The van der Waals surface area contributed by atoms with Gasteiger partial charge in [-0.2, -0.15) is 0 Å². The Hall–Kier alpha value is -2.11. The maximum atomic E-state index is 12.2. The first-order valence-electron chi connectivity index (χ1n) is 7.95. The normalized spacial score (nSPS) is 30.7. The van der Waals surface area contributed by atoms with Crippen molar-refractivity contribution < 1.29 is 19.8 Å². The molecule has 6 nitrogen and oxygen atoms in total. The molecule has 0 radical (unpaired) electrons. The summed E-state index contributed by atoms with van der Waals surface area (Å²) in [6.07, 6.45) is 6.70. The molecule has 1 aromatic heterocycles. The van der Waals surface area contributed by atoms with Gasteiger partial charge >= 0.3 is 11.9 Å². The average molecular weight is 320 g/mol. The molecule has 6 heteroatoms. The van der Waals surface area contributed by atoms with Crippen LogP contribution < -0.4 is 0 Å². The van der Waals surface area contributed by atoms with Crippen LogP contribution >= 0.6 is 0 Å². The molecule has 3 unspecified atom stereocenters. The number of aliphatic carboxylic acids is 2. The van der Waals surface area contributed by atoms with Crippen LogP contribution in [0.4, 0.5) is 0 Å². The van der Waals surface area contributed by atoms with E-state index in [2.05, 4.69) is 9.97 Å². The third-order valence-corrected chi connectivity index (χ3v) is 5.21. The summed E-state index contributed by atoms with van der Waals surface area (Å²) in [7, 11) is 0. The Bertz CT molecular complexity index is 623. The lowest BCUT2D eigenvalue weighted by Gasteiger charge is -2.46. The van der Waals surface area contributed by atoms with Gasteiger partial charge in [-0.3, -0.25) is 9.59 Å². The summed E-state index contributed by atoms with van der Waals surface area (Å²) in [6.45, 7) is 5.38. The quantitative estimate of drug-likeness (QED) is 0.699. The van der Waals surface area contributed by atoms with E-state index < -0.39 is 22.8 Å². The zero-order chi connectivity index (χ0) is 17.3. The lowest BCUT2D eigenvalue weighted by atomic mass is 9.56.